The molecule has 1 aliphatic rings. The number of hydrogen-bond donors (Lipinski definition) is 0. The Balaban J connectivity index is 1.84. The molecule has 0 N–H and O–H groups in total. The monoisotopic (exact) mass is 319 g/mol. The number of benzene rings is 1. The van der Waals surface area contributed by atoms with Gasteiger partial charge in [-0.1, -0.05) is 23.7 Å². The number of amides is 1. The van der Waals surface area contributed by atoms with Gasteiger partial charge in [0.2, 0.25) is 0 Å². The third kappa shape index (κ3) is 2.89. The zero-order valence-corrected chi connectivity index (χ0v) is 13.3. The molecule has 3 rings (SSSR count). The van der Waals surface area contributed by atoms with Crippen LogP contribution in [0, 0.1) is 0 Å². The fraction of sp³-hybridized carbons (Fsp3) is 0.353. The molecule has 2 atom stereocenters. The zero-order valence-electron chi connectivity index (χ0n) is 12.6. The number of carbonyl (C=O) groups is 1. The fourth-order valence-electron chi connectivity index (χ4n) is 2.59. The number of ether oxygens (including phenoxy) is 1. The van der Waals surface area contributed by atoms with Gasteiger partial charge in [-0.25, -0.2) is 0 Å². The summed E-state index contributed by atoms with van der Waals surface area (Å²) < 4.78 is 11.3. The number of rotatable bonds is 2. The van der Waals surface area contributed by atoms with Gasteiger partial charge in [0.05, 0.1) is 23.8 Å². The Bertz CT molecular complexity index is 682. The minimum Gasteiger partial charge on any atom is -0.451 e. The van der Waals surface area contributed by atoms with E-state index in [1.165, 1.54) is 0 Å². The first-order valence-corrected chi connectivity index (χ1v) is 7.71. The van der Waals surface area contributed by atoms with E-state index in [0.29, 0.717) is 29.7 Å². The Kier molecular flexibility index (Phi) is 4.23. The summed E-state index contributed by atoms with van der Waals surface area (Å²) in [6.07, 6.45) is 0.0400. The van der Waals surface area contributed by atoms with E-state index in [4.69, 9.17) is 20.8 Å². The molecule has 1 aromatic heterocycles. The molecule has 0 saturated carbocycles. The molecule has 1 aromatic carbocycles. The van der Waals surface area contributed by atoms with Crippen LogP contribution < -0.4 is 0 Å². The van der Waals surface area contributed by atoms with Crippen LogP contribution in [0.1, 0.15) is 24.4 Å². The van der Waals surface area contributed by atoms with Crippen molar-refractivity contribution in [1.29, 1.82) is 0 Å². The van der Waals surface area contributed by atoms with E-state index in [1.54, 1.807) is 23.1 Å². The molecule has 0 aliphatic carbocycles. The molecule has 0 radical (unpaired) electrons. The molecule has 2 unspecified atom stereocenters. The number of halogens is 1. The van der Waals surface area contributed by atoms with E-state index in [0.717, 1.165) is 5.56 Å². The lowest BCUT2D eigenvalue weighted by atomic mass is 10.2. The van der Waals surface area contributed by atoms with Crippen molar-refractivity contribution in [1.82, 2.24) is 4.90 Å². The molecule has 2 heterocycles. The quantitative estimate of drug-likeness (QED) is 0.844. The van der Waals surface area contributed by atoms with E-state index in [1.807, 2.05) is 32.0 Å². The van der Waals surface area contributed by atoms with Crippen molar-refractivity contribution in [3.63, 3.8) is 0 Å². The van der Waals surface area contributed by atoms with E-state index in [2.05, 4.69) is 0 Å². The van der Waals surface area contributed by atoms with Gasteiger partial charge in [-0.05, 0) is 38.1 Å². The third-order valence-electron chi connectivity index (χ3n) is 3.82. The average Bonchev–Trinajstić information content (AvgIpc) is 2.99. The van der Waals surface area contributed by atoms with Gasteiger partial charge in [-0.3, -0.25) is 4.79 Å². The maximum absolute atomic E-state index is 12.6. The molecule has 1 amide bonds. The molecule has 22 heavy (non-hydrogen) atoms. The van der Waals surface area contributed by atoms with Crippen molar-refractivity contribution in [3.8, 4) is 11.3 Å². The molecule has 0 bridgehead atoms. The molecular formula is C17H18ClNO3. The van der Waals surface area contributed by atoms with Crippen molar-refractivity contribution in [2.75, 3.05) is 13.2 Å². The minimum atomic E-state index is -0.110. The van der Waals surface area contributed by atoms with E-state index >= 15 is 0 Å². The molecule has 1 aliphatic heterocycles. The van der Waals surface area contributed by atoms with Crippen LogP contribution in [0.5, 0.6) is 0 Å². The maximum Gasteiger partial charge on any atom is 0.289 e. The van der Waals surface area contributed by atoms with Crippen molar-refractivity contribution in [3.05, 3.63) is 47.2 Å². The zero-order chi connectivity index (χ0) is 15.7. The summed E-state index contributed by atoms with van der Waals surface area (Å²) in [6.45, 7) is 5.05. The second-order valence-electron chi connectivity index (χ2n) is 5.59. The Labute approximate surface area is 134 Å². The number of hydrogen-bond acceptors (Lipinski definition) is 3. The lowest BCUT2D eigenvalue weighted by Crippen LogP contribution is -2.50. The van der Waals surface area contributed by atoms with Gasteiger partial charge in [-0.2, -0.15) is 0 Å². The van der Waals surface area contributed by atoms with Crippen LogP contribution in [0.3, 0.4) is 0 Å². The Morgan fingerprint density at radius 2 is 2.00 bits per heavy atom. The molecule has 4 nitrogen and oxygen atoms in total. The number of nitrogens with zero attached hydrogens (tertiary/aromatic N) is 1. The SMILES string of the molecule is CC1CN(C(=O)c2ccc(-c3ccccc3Cl)o2)C(C)CO1. The largest absolute Gasteiger partial charge is 0.451 e. The van der Waals surface area contributed by atoms with Crippen LogP contribution in [0.15, 0.2) is 40.8 Å². The summed E-state index contributed by atoms with van der Waals surface area (Å²) in [5, 5.41) is 0.601. The third-order valence-corrected chi connectivity index (χ3v) is 4.15. The maximum atomic E-state index is 12.6. The highest BCUT2D eigenvalue weighted by Gasteiger charge is 2.30. The van der Waals surface area contributed by atoms with Crippen molar-refractivity contribution in [2.24, 2.45) is 0 Å². The number of morpholine rings is 1. The van der Waals surface area contributed by atoms with E-state index in [-0.39, 0.29) is 18.1 Å². The van der Waals surface area contributed by atoms with Gasteiger partial charge in [-0.15, -0.1) is 0 Å². The van der Waals surface area contributed by atoms with Crippen LogP contribution in [0.25, 0.3) is 11.3 Å². The van der Waals surface area contributed by atoms with Gasteiger partial charge in [0.15, 0.2) is 5.76 Å². The van der Waals surface area contributed by atoms with Gasteiger partial charge in [0.1, 0.15) is 5.76 Å². The van der Waals surface area contributed by atoms with Gasteiger partial charge >= 0.3 is 0 Å². The fourth-order valence-corrected chi connectivity index (χ4v) is 2.82. The molecule has 2 aromatic rings. The second kappa shape index (κ2) is 6.15. The molecule has 116 valence electrons. The highest BCUT2D eigenvalue weighted by Crippen LogP contribution is 2.29. The van der Waals surface area contributed by atoms with Gasteiger partial charge < -0.3 is 14.1 Å². The second-order valence-corrected chi connectivity index (χ2v) is 6.00. The van der Waals surface area contributed by atoms with Crippen LogP contribution in [0.4, 0.5) is 0 Å². The van der Waals surface area contributed by atoms with Gasteiger partial charge in [0.25, 0.3) is 5.91 Å². The van der Waals surface area contributed by atoms with Crippen LogP contribution in [-0.4, -0.2) is 36.1 Å². The summed E-state index contributed by atoms with van der Waals surface area (Å²) in [7, 11) is 0. The predicted molar refractivity (Wildman–Crippen MR) is 85.1 cm³/mol. The van der Waals surface area contributed by atoms with E-state index < -0.39 is 0 Å². The first kappa shape index (κ1) is 15.1. The van der Waals surface area contributed by atoms with Crippen LogP contribution in [0.2, 0.25) is 5.02 Å². The van der Waals surface area contributed by atoms with Crippen LogP contribution in [-0.2, 0) is 4.74 Å². The highest BCUT2D eigenvalue weighted by atomic mass is 35.5. The predicted octanol–water partition coefficient (Wildman–Crippen LogP) is 3.85. The highest BCUT2D eigenvalue weighted by molar-refractivity contribution is 6.33. The van der Waals surface area contributed by atoms with Crippen molar-refractivity contribution < 1.29 is 13.9 Å². The molecule has 5 heteroatoms. The lowest BCUT2D eigenvalue weighted by Gasteiger charge is -2.36. The first-order chi connectivity index (χ1) is 10.6. The number of furan rings is 1. The molecule has 0 spiro atoms. The standard InChI is InChI=1S/C17H18ClNO3/c1-11-10-21-12(2)9-19(11)17(20)16-8-7-15(22-16)13-5-3-4-6-14(13)18/h3-8,11-12H,9-10H2,1-2H3. The Hall–Kier alpha value is -1.78. The summed E-state index contributed by atoms with van der Waals surface area (Å²) in [5.74, 6) is 0.819. The first-order valence-electron chi connectivity index (χ1n) is 7.33. The van der Waals surface area contributed by atoms with Gasteiger partial charge in [0, 0.05) is 12.1 Å². The normalized spacial score (nSPS) is 21.9. The number of carbonyl (C=O) groups excluding carboxylic acids is 1. The van der Waals surface area contributed by atoms with E-state index in [9.17, 15) is 4.79 Å². The molecule has 1 fully saturated rings. The Morgan fingerprint density at radius 1 is 1.23 bits per heavy atom. The minimum absolute atomic E-state index is 0.0394. The average molecular weight is 320 g/mol. The summed E-state index contributed by atoms with van der Waals surface area (Å²) in [6, 6.07) is 10.9. The van der Waals surface area contributed by atoms with Crippen molar-refractivity contribution >= 4 is 17.5 Å². The summed E-state index contributed by atoms with van der Waals surface area (Å²) >= 11 is 6.17. The summed E-state index contributed by atoms with van der Waals surface area (Å²) in [4.78, 5) is 14.4. The topological polar surface area (TPSA) is 42.7 Å². The summed E-state index contributed by atoms with van der Waals surface area (Å²) in [5.41, 5.74) is 0.784. The van der Waals surface area contributed by atoms with Crippen LogP contribution >= 0.6 is 11.6 Å². The Morgan fingerprint density at radius 3 is 2.77 bits per heavy atom. The molecule has 1 saturated heterocycles. The lowest BCUT2D eigenvalue weighted by molar-refractivity contribution is -0.0396. The smallest absolute Gasteiger partial charge is 0.289 e. The molecular weight excluding hydrogens is 302 g/mol. The van der Waals surface area contributed by atoms with Crippen molar-refractivity contribution in [2.45, 2.75) is 26.0 Å².